The second-order valence-electron chi connectivity index (χ2n) is 9.12. The zero-order valence-corrected chi connectivity index (χ0v) is 21.3. The molecule has 188 valence electrons. The Morgan fingerprint density at radius 1 is 0.973 bits per heavy atom. The molecule has 0 bridgehead atoms. The summed E-state index contributed by atoms with van der Waals surface area (Å²) in [5.41, 5.74) is 1.01. The van der Waals surface area contributed by atoms with Crippen LogP contribution in [0, 0.1) is 0 Å². The molecule has 3 heterocycles. The summed E-state index contributed by atoms with van der Waals surface area (Å²) in [4.78, 5) is 20.6. The summed E-state index contributed by atoms with van der Waals surface area (Å²) in [6, 6.07) is 20.2. The average molecular weight is 535 g/mol. The molecule has 0 amide bonds. The van der Waals surface area contributed by atoms with Gasteiger partial charge in [-0.05, 0) is 35.9 Å². The summed E-state index contributed by atoms with van der Waals surface area (Å²) in [5, 5.41) is 10.3. The molecule has 2 aromatic heterocycles. The Hall–Kier alpha value is -3.60. The Morgan fingerprint density at radius 3 is 2.51 bits per heavy atom. The first-order chi connectivity index (χ1) is 17.9. The lowest BCUT2D eigenvalue weighted by atomic mass is 9.97. The van der Waals surface area contributed by atoms with Gasteiger partial charge in [0, 0.05) is 29.4 Å². The summed E-state index contributed by atoms with van der Waals surface area (Å²) < 4.78 is 30.1. The van der Waals surface area contributed by atoms with Crippen molar-refractivity contribution in [2.24, 2.45) is 0 Å². The monoisotopic (exact) mass is 534 g/mol. The van der Waals surface area contributed by atoms with Crippen LogP contribution in [0.25, 0.3) is 21.9 Å². The molecule has 1 fully saturated rings. The average Bonchev–Trinajstić information content (AvgIpc) is 3.33. The van der Waals surface area contributed by atoms with Gasteiger partial charge in [-0.3, -0.25) is 4.79 Å². The first-order valence-electron chi connectivity index (χ1n) is 12.0. The predicted molar refractivity (Wildman–Crippen MR) is 141 cm³/mol. The molecule has 0 radical (unpaired) electrons. The number of rotatable bonds is 5. The van der Waals surface area contributed by atoms with Crippen LogP contribution in [-0.2, 0) is 16.6 Å². The van der Waals surface area contributed by atoms with Crippen LogP contribution in [0.2, 0.25) is 5.02 Å². The predicted octanol–water partition coefficient (Wildman–Crippen LogP) is 3.94. The molecule has 1 N–H and O–H groups in total. The maximum absolute atomic E-state index is 13.5. The highest BCUT2D eigenvalue weighted by Gasteiger charge is 2.32. The molecule has 0 aliphatic carbocycles. The molecular weight excluding hydrogens is 512 g/mol. The van der Waals surface area contributed by atoms with Gasteiger partial charge in [-0.15, -0.1) is 5.10 Å². The van der Waals surface area contributed by atoms with E-state index in [0.29, 0.717) is 59.3 Å². The van der Waals surface area contributed by atoms with E-state index in [9.17, 15) is 13.2 Å². The quantitative estimate of drug-likeness (QED) is 0.365. The van der Waals surface area contributed by atoms with E-state index in [0.717, 1.165) is 10.9 Å². The molecule has 3 aromatic carbocycles. The van der Waals surface area contributed by atoms with E-state index in [2.05, 4.69) is 15.3 Å². The number of nitrogens with one attached hydrogen (secondary N) is 1. The van der Waals surface area contributed by atoms with E-state index < -0.39 is 10.0 Å². The Labute approximate surface area is 217 Å². The summed E-state index contributed by atoms with van der Waals surface area (Å²) in [6.45, 7) is 0.984. The summed E-state index contributed by atoms with van der Waals surface area (Å²) in [5.74, 6) is 0.419. The van der Waals surface area contributed by atoms with Crippen molar-refractivity contribution in [2.75, 3.05) is 13.1 Å². The standard InChI is InChI=1S/C26H23ClN6O3S/c27-21-10-4-2-7-19(21)16-33-25-23(30-31-33)26(34)29-24(28-25)18-12-14-32(15-13-18)37(35,36)22-11-5-8-17-6-1-3-9-20(17)22/h1-11,18H,12-16H2,(H,28,29,34). The number of fused-ring (bicyclic) bond motifs is 2. The molecular formula is C26H23ClN6O3S. The van der Waals surface area contributed by atoms with Crippen LogP contribution in [0.3, 0.4) is 0 Å². The van der Waals surface area contributed by atoms with E-state index in [1.54, 1.807) is 22.9 Å². The topological polar surface area (TPSA) is 114 Å². The van der Waals surface area contributed by atoms with Crippen LogP contribution in [0.1, 0.15) is 30.1 Å². The minimum atomic E-state index is -3.67. The highest BCUT2D eigenvalue weighted by atomic mass is 35.5. The third kappa shape index (κ3) is 4.30. The number of sulfonamides is 1. The molecule has 6 rings (SSSR count). The smallest absolute Gasteiger partial charge is 0.281 e. The van der Waals surface area contributed by atoms with Crippen LogP contribution in [0.4, 0.5) is 0 Å². The lowest BCUT2D eigenvalue weighted by Gasteiger charge is -2.31. The largest absolute Gasteiger partial charge is 0.308 e. The molecule has 5 aromatic rings. The zero-order chi connectivity index (χ0) is 25.6. The first kappa shape index (κ1) is 23.8. The third-order valence-electron chi connectivity index (χ3n) is 6.88. The molecule has 0 spiro atoms. The van der Waals surface area contributed by atoms with Crippen LogP contribution >= 0.6 is 11.6 Å². The zero-order valence-electron chi connectivity index (χ0n) is 19.7. The number of aromatic amines is 1. The Morgan fingerprint density at radius 2 is 1.70 bits per heavy atom. The summed E-state index contributed by atoms with van der Waals surface area (Å²) >= 11 is 6.30. The minimum Gasteiger partial charge on any atom is -0.308 e. The van der Waals surface area contributed by atoms with Crippen LogP contribution in [0.5, 0.6) is 0 Å². The van der Waals surface area contributed by atoms with Crippen molar-refractivity contribution in [3.05, 3.63) is 93.5 Å². The maximum atomic E-state index is 13.5. The van der Waals surface area contributed by atoms with Gasteiger partial charge >= 0.3 is 0 Å². The van der Waals surface area contributed by atoms with Gasteiger partial charge in [0.15, 0.2) is 11.2 Å². The van der Waals surface area contributed by atoms with Crippen molar-refractivity contribution in [1.29, 1.82) is 0 Å². The van der Waals surface area contributed by atoms with E-state index in [1.807, 2.05) is 48.5 Å². The molecule has 9 nitrogen and oxygen atoms in total. The van der Waals surface area contributed by atoms with Crippen LogP contribution in [0.15, 0.2) is 76.4 Å². The van der Waals surface area contributed by atoms with E-state index >= 15 is 0 Å². The lowest BCUT2D eigenvalue weighted by molar-refractivity contribution is 0.313. The van der Waals surface area contributed by atoms with Gasteiger partial charge in [-0.1, -0.05) is 71.4 Å². The molecule has 0 atom stereocenters. The Kier molecular flexibility index (Phi) is 6.02. The number of benzene rings is 3. The second kappa shape index (κ2) is 9.37. The van der Waals surface area contributed by atoms with E-state index in [1.165, 1.54) is 4.31 Å². The van der Waals surface area contributed by atoms with Crippen molar-refractivity contribution in [1.82, 2.24) is 29.3 Å². The number of hydrogen-bond donors (Lipinski definition) is 1. The van der Waals surface area contributed by atoms with Gasteiger partial charge in [0.25, 0.3) is 5.56 Å². The molecule has 11 heteroatoms. The van der Waals surface area contributed by atoms with Crippen molar-refractivity contribution >= 4 is 43.6 Å². The summed E-state index contributed by atoms with van der Waals surface area (Å²) in [6.07, 6.45) is 1.06. The fraction of sp³-hybridized carbons (Fsp3) is 0.231. The fourth-order valence-corrected chi connectivity index (χ4v) is 6.78. The van der Waals surface area contributed by atoms with Gasteiger partial charge < -0.3 is 4.98 Å². The van der Waals surface area contributed by atoms with Crippen molar-refractivity contribution < 1.29 is 8.42 Å². The number of piperidine rings is 1. The third-order valence-corrected chi connectivity index (χ3v) is 9.20. The van der Waals surface area contributed by atoms with Crippen LogP contribution in [-0.4, -0.2) is 50.8 Å². The number of H-pyrrole nitrogens is 1. The van der Waals surface area contributed by atoms with Crippen molar-refractivity contribution in [3.63, 3.8) is 0 Å². The highest BCUT2D eigenvalue weighted by molar-refractivity contribution is 7.89. The van der Waals surface area contributed by atoms with Crippen molar-refractivity contribution in [3.8, 4) is 0 Å². The van der Waals surface area contributed by atoms with E-state index in [4.69, 9.17) is 16.6 Å². The number of halogens is 1. The fourth-order valence-electron chi connectivity index (χ4n) is 4.90. The Balaban J connectivity index is 1.25. The van der Waals surface area contributed by atoms with Gasteiger partial charge in [0.2, 0.25) is 10.0 Å². The molecule has 0 unspecified atom stereocenters. The normalized spacial score (nSPS) is 15.5. The van der Waals surface area contributed by atoms with Crippen LogP contribution < -0.4 is 5.56 Å². The maximum Gasteiger partial charge on any atom is 0.281 e. The minimum absolute atomic E-state index is 0.0975. The lowest BCUT2D eigenvalue weighted by Crippen LogP contribution is -2.38. The second-order valence-corrected chi connectivity index (χ2v) is 11.4. The van der Waals surface area contributed by atoms with Crippen molar-refractivity contribution in [2.45, 2.75) is 30.2 Å². The number of nitrogens with zero attached hydrogens (tertiary/aromatic N) is 5. The van der Waals surface area contributed by atoms with Gasteiger partial charge in [-0.25, -0.2) is 18.1 Å². The van der Waals surface area contributed by atoms with Gasteiger partial charge in [0.1, 0.15) is 5.82 Å². The Bertz CT molecular complexity index is 1790. The molecule has 1 aliphatic heterocycles. The highest BCUT2D eigenvalue weighted by Crippen LogP contribution is 2.31. The molecule has 0 saturated carbocycles. The molecule has 1 aliphatic rings. The van der Waals surface area contributed by atoms with Gasteiger partial charge in [-0.2, -0.15) is 4.31 Å². The molecule has 37 heavy (non-hydrogen) atoms. The summed E-state index contributed by atoms with van der Waals surface area (Å²) in [7, 11) is -3.67. The van der Waals surface area contributed by atoms with E-state index in [-0.39, 0.29) is 17.0 Å². The number of aromatic nitrogens is 5. The first-order valence-corrected chi connectivity index (χ1v) is 13.8. The van der Waals surface area contributed by atoms with Gasteiger partial charge in [0.05, 0.1) is 11.4 Å². The number of hydrogen-bond acceptors (Lipinski definition) is 6. The SMILES string of the molecule is O=c1[nH]c(C2CCN(S(=O)(=O)c3cccc4ccccc34)CC2)nc2c1nnn2Cc1ccccc1Cl. The molecule has 1 saturated heterocycles.